The molecule has 0 spiro atoms. The van der Waals surface area contributed by atoms with Gasteiger partial charge in [0.1, 0.15) is 0 Å². The van der Waals surface area contributed by atoms with Crippen LogP contribution in [0.4, 0.5) is 5.95 Å². The molecular formula is C18H17BrN4. The highest BCUT2D eigenvalue weighted by atomic mass is 79.9. The summed E-state index contributed by atoms with van der Waals surface area (Å²) >= 11 is 3.35. The Morgan fingerprint density at radius 2 is 1.74 bits per heavy atom. The maximum Gasteiger partial charge on any atom is 0.223 e. The largest absolute Gasteiger partial charge is 0.346 e. The molecule has 0 radical (unpaired) electrons. The van der Waals surface area contributed by atoms with Crippen molar-refractivity contribution in [2.45, 2.75) is 19.4 Å². The lowest BCUT2D eigenvalue weighted by molar-refractivity contribution is 0.735. The van der Waals surface area contributed by atoms with Crippen LogP contribution in [0.1, 0.15) is 22.9 Å². The summed E-state index contributed by atoms with van der Waals surface area (Å²) in [5.74, 6) is 0.593. The lowest BCUT2D eigenvalue weighted by atomic mass is 10.0. The zero-order chi connectivity index (χ0) is 16.1. The summed E-state index contributed by atoms with van der Waals surface area (Å²) in [6, 6.07) is 14.5. The predicted octanol–water partition coefficient (Wildman–Crippen LogP) is 4.34. The van der Waals surface area contributed by atoms with Crippen LogP contribution < -0.4 is 5.32 Å². The topological polar surface area (TPSA) is 50.7 Å². The van der Waals surface area contributed by atoms with Crippen molar-refractivity contribution in [3.8, 4) is 0 Å². The molecule has 2 heterocycles. The summed E-state index contributed by atoms with van der Waals surface area (Å²) in [6.45, 7) is 2.09. The van der Waals surface area contributed by atoms with Crippen LogP contribution in [0.3, 0.4) is 0 Å². The van der Waals surface area contributed by atoms with Crippen LogP contribution in [-0.2, 0) is 6.42 Å². The van der Waals surface area contributed by atoms with Crippen molar-refractivity contribution in [1.29, 1.82) is 0 Å². The van der Waals surface area contributed by atoms with Crippen LogP contribution in [0, 0.1) is 6.92 Å². The van der Waals surface area contributed by atoms with E-state index in [1.165, 1.54) is 11.1 Å². The molecule has 1 unspecified atom stereocenters. The van der Waals surface area contributed by atoms with Gasteiger partial charge in [-0.25, -0.2) is 9.97 Å². The summed E-state index contributed by atoms with van der Waals surface area (Å²) in [6.07, 6.45) is 6.09. The Morgan fingerprint density at radius 1 is 1.00 bits per heavy atom. The number of halogens is 1. The Labute approximate surface area is 144 Å². The van der Waals surface area contributed by atoms with Gasteiger partial charge in [0.2, 0.25) is 5.95 Å². The summed E-state index contributed by atoms with van der Waals surface area (Å²) in [5.41, 5.74) is 3.47. The Balaban J connectivity index is 1.84. The molecule has 1 atom stereocenters. The molecule has 0 aliphatic rings. The van der Waals surface area contributed by atoms with E-state index in [1.54, 1.807) is 12.4 Å². The van der Waals surface area contributed by atoms with Crippen LogP contribution in [0.15, 0.2) is 65.5 Å². The van der Waals surface area contributed by atoms with E-state index >= 15 is 0 Å². The molecule has 3 rings (SSSR count). The summed E-state index contributed by atoms with van der Waals surface area (Å²) < 4.78 is 0.857. The molecule has 116 valence electrons. The first-order chi connectivity index (χ1) is 11.2. The van der Waals surface area contributed by atoms with Gasteiger partial charge >= 0.3 is 0 Å². The fourth-order valence-electron chi connectivity index (χ4n) is 2.31. The highest BCUT2D eigenvalue weighted by Crippen LogP contribution is 2.21. The third-order valence-electron chi connectivity index (χ3n) is 3.53. The number of aryl methyl sites for hydroxylation is 1. The molecule has 0 amide bonds. The maximum absolute atomic E-state index is 4.48. The summed E-state index contributed by atoms with van der Waals surface area (Å²) in [7, 11) is 0. The first kappa shape index (κ1) is 15.6. The van der Waals surface area contributed by atoms with Crippen molar-refractivity contribution in [1.82, 2.24) is 15.0 Å². The fourth-order valence-corrected chi connectivity index (χ4v) is 2.52. The van der Waals surface area contributed by atoms with Crippen molar-refractivity contribution >= 4 is 21.9 Å². The molecule has 2 aromatic heterocycles. The third kappa shape index (κ3) is 4.36. The van der Waals surface area contributed by atoms with Crippen molar-refractivity contribution < 1.29 is 0 Å². The van der Waals surface area contributed by atoms with E-state index in [-0.39, 0.29) is 6.04 Å². The monoisotopic (exact) mass is 368 g/mol. The second-order valence-corrected chi connectivity index (χ2v) is 6.28. The standard InChI is InChI=1S/C18H17BrN4/c1-13-5-7-14(8-6-13)10-17(16-4-2-3-9-20-16)23-18-21-11-15(19)12-22-18/h2-9,11-12,17H,10H2,1H3,(H,21,22,23). The fraction of sp³-hybridized carbons (Fsp3) is 0.167. The molecule has 0 aliphatic heterocycles. The highest BCUT2D eigenvalue weighted by molar-refractivity contribution is 9.10. The van der Waals surface area contributed by atoms with Crippen LogP contribution >= 0.6 is 15.9 Å². The van der Waals surface area contributed by atoms with E-state index in [2.05, 4.69) is 67.4 Å². The first-order valence-electron chi connectivity index (χ1n) is 7.41. The maximum atomic E-state index is 4.48. The molecule has 5 heteroatoms. The first-order valence-corrected chi connectivity index (χ1v) is 8.20. The van der Waals surface area contributed by atoms with E-state index in [4.69, 9.17) is 0 Å². The minimum absolute atomic E-state index is 0.0140. The van der Waals surface area contributed by atoms with Gasteiger partial charge in [0.05, 0.1) is 16.2 Å². The van der Waals surface area contributed by atoms with Crippen LogP contribution in [0.2, 0.25) is 0 Å². The van der Waals surface area contributed by atoms with E-state index in [0.29, 0.717) is 5.95 Å². The molecular weight excluding hydrogens is 352 g/mol. The average Bonchev–Trinajstić information content (AvgIpc) is 2.59. The van der Waals surface area contributed by atoms with Gasteiger partial charge in [-0.1, -0.05) is 35.9 Å². The van der Waals surface area contributed by atoms with E-state index < -0.39 is 0 Å². The molecule has 3 aromatic rings. The van der Waals surface area contributed by atoms with Crippen LogP contribution in [0.25, 0.3) is 0 Å². The van der Waals surface area contributed by atoms with Crippen molar-refractivity contribution in [3.63, 3.8) is 0 Å². The van der Waals surface area contributed by atoms with Gasteiger partial charge in [-0.05, 0) is 47.0 Å². The lowest BCUT2D eigenvalue weighted by Gasteiger charge is -2.18. The molecule has 23 heavy (non-hydrogen) atoms. The smallest absolute Gasteiger partial charge is 0.223 e. The average molecular weight is 369 g/mol. The number of benzene rings is 1. The lowest BCUT2D eigenvalue weighted by Crippen LogP contribution is -2.16. The second-order valence-electron chi connectivity index (χ2n) is 5.37. The molecule has 0 saturated carbocycles. The number of aromatic nitrogens is 3. The predicted molar refractivity (Wildman–Crippen MR) is 95.2 cm³/mol. The molecule has 0 bridgehead atoms. The molecule has 0 saturated heterocycles. The minimum atomic E-state index is 0.0140. The van der Waals surface area contributed by atoms with Crippen molar-refractivity contribution in [2.24, 2.45) is 0 Å². The number of nitrogens with zero attached hydrogens (tertiary/aromatic N) is 3. The zero-order valence-electron chi connectivity index (χ0n) is 12.8. The Hall–Kier alpha value is -2.27. The van der Waals surface area contributed by atoms with E-state index in [9.17, 15) is 0 Å². The van der Waals surface area contributed by atoms with Gasteiger partial charge in [0.25, 0.3) is 0 Å². The normalized spacial score (nSPS) is 11.9. The van der Waals surface area contributed by atoms with Crippen molar-refractivity contribution in [2.75, 3.05) is 5.32 Å². The van der Waals surface area contributed by atoms with Crippen LogP contribution in [-0.4, -0.2) is 15.0 Å². The van der Waals surface area contributed by atoms with Gasteiger partial charge < -0.3 is 5.32 Å². The molecule has 0 fully saturated rings. The number of pyridine rings is 1. The quantitative estimate of drug-likeness (QED) is 0.727. The molecule has 4 nitrogen and oxygen atoms in total. The number of anilines is 1. The Bertz CT molecular complexity index is 695. The SMILES string of the molecule is Cc1ccc(CC(Nc2ncc(Br)cn2)c2ccccn2)cc1. The minimum Gasteiger partial charge on any atom is -0.346 e. The summed E-state index contributed by atoms with van der Waals surface area (Å²) in [4.78, 5) is 13.1. The van der Waals surface area contributed by atoms with E-state index in [1.807, 2.05) is 24.4 Å². The zero-order valence-corrected chi connectivity index (χ0v) is 14.4. The molecule has 0 aliphatic carbocycles. The number of nitrogens with one attached hydrogen (secondary N) is 1. The van der Waals surface area contributed by atoms with Gasteiger partial charge in [-0.2, -0.15) is 0 Å². The van der Waals surface area contributed by atoms with Gasteiger partial charge in [0.15, 0.2) is 0 Å². The molecule has 1 aromatic carbocycles. The highest BCUT2D eigenvalue weighted by Gasteiger charge is 2.14. The van der Waals surface area contributed by atoms with Crippen molar-refractivity contribution in [3.05, 3.63) is 82.3 Å². The third-order valence-corrected chi connectivity index (χ3v) is 3.94. The van der Waals surface area contributed by atoms with Gasteiger partial charge in [0, 0.05) is 18.6 Å². The number of hydrogen-bond acceptors (Lipinski definition) is 4. The number of hydrogen-bond donors (Lipinski definition) is 1. The Kier molecular flexibility index (Phi) is 4.98. The summed E-state index contributed by atoms with van der Waals surface area (Å²) in [5, 5.41) is 3.38. The van der Waals surface area contributed by atoms with Gasteiger partial charge in [-0.15, -0.1) is 0 Å². The Morgan fingerprint density at radius 3 is 2.39 bits per heavy atom. The second kappa shape index (κ2) is 7.33. The number of rotatable bonds is 5. The molecule has 1 N–H and O–H groups in total. The van der Waals surface area contributed by atoms with Crippen LogP contribution in [0.5, 0.6) is 0 Å². The van der Waals surface area contributed by atoms with Gasteiger partial charge in [-0.3, -0.25) is 4.98 Å². The van der Waals surface area contributed by atoms with E-state index in [0.717, 1.165) is 16.6 Å².